The molecule has 1 saturated carbocycles. The van der Waals surface area contributed by atoms with Crippen LogP contribution in [0.2, 0.25) is 0 Å². The van der Waals surface area contributed by atoms with Crippen molar-refractivity contribution in [2.24, 2.45) is 13.0 Å². The summed E-state index contributed by atoms with van der Waals surface area (Å²) in [5.41, 5.74) is 1.44. The average Bonchev–Trinajstić information content (AvgIpc) is 2.98. The summed E-state index contributed by atoms with van der Waals surface area (Å²) >= 11 is 0. The Kier molecular flexibility index (Phi) is 2.66. The van der Waals surface area contributed by atoms with E-state index in [0.717, 1.165) is 5.69 Å². The van der Waals surface area contributed by atoms with Crippen molar-refractivity contribution in [1.29, 1.82) is 0 Å². The standard InChI is InChI=1S/C13H16N4O2/c1-8(9-3-4-9)17-7-10(13(18)19)12(15-17)11-5-6-14-16(11)2/h5-9H,3-4H2,1-2H3,(H,18,19). The number of hydrogen-bond acceptors (Lipinski definition) is 3. The quantitative estimate of drug-likeness (QED) is 0.912. The van der Waals surface area contributed by atoms with E-state index in [1.165, 1.54) is 12.8 Å². The Labute approximate surface area is 110 Å². The zero-order chi connectivity index (χ0) is 13.6. The van der Waals surface area contributed by atoms with E-state index in [-0.39, 0.29) is 11.6 Å². The van der Waals surface area contributed by atoms with Gasteiger partial charge in [-0.05, 0) is 31.7 Å². The summed E-state index contributed by atoms with van der Waals surface area (Å²) in [6.07, 6.45) is 5.67. The molecule has 0 radical (unpaired) electrons. The number of carboxylic acids is 1. The van der Waals surface area contributed by atoms with Crippen LogP contribution >= 0.6 is 0 Å². The number of rotatable bonds is 4. The molecule has 0 spiro atoms. The lowest BCUT2D eigenvalue weighted by Gasteiger charge is -2.09. The van der Waals surface area contributed by atoms with Crippen LogP contribution in [0.25, 0.3) is 11.4 Å². The van der Waals surface area contributed by atoms with Gasteiger partial charge in [0.1, 0.15) is 11.3 Å². The normalized spacial score (nSPS) is 16.5. The highest BCUT2D eigenvalue weighted by Gasteiger charge is 2.31. The number of aryl methyl sites for hydroxylation is 1. The van der Waals surface area contributed by atoms with E-state index in [1.54, 1.807) is 34.9 Å². The maximum absolute atomic E-state index is 11.4. The van der Waals surface area contributed by atoms with Crippen LogP contribution < -0.4 is 0 Å². The molecule has 3 rings (SSSR count). The monoisotopic (exact) mass is 260 g/mol. The van der Waals surface area contributed by atoms with Crippen molar-refractivity contribution in [2.45, 2.75) is 25.8 Å². The molecule has 0 amide bonds. The fraction of sp³-hybridized carbons (Fsp3) is 0.462. The maximum atomic E-state index is 11.4. The zero-order valence-corrected chi connectivity index (χ0v) is 10.9. The molecule has 0 saturated heterocycles. The van der Waals surface area contributed by atoms with Crippen molar-refractivity contribution in [3.63, 3.8) is 0 Å². The van der Waals surface area contributed by atoms with Crippen LogP contribution in [0.4, 0.5) is 0 Å². The van der Waals surface area contributed by atoms with Gasteiger partial charge in [-0.25, -0.2) is 4.79 Å². The molecule has 1 aliphatic carbocycles. The summed E-state index contributed by atoms with van der Waals surface area (Å²) in [6, 6.07) is 2.03. The highest BCUT2D eigenvalue weighted by Crippen LogP contribution is 2.39. The molecule has 2 aromatic rings. The summed E-state index contributed by atoms with van der Waals surface area (Å²) < 4.78 is 3.42. The molecule has 6 heteroatoms. The Morgan fingerprint density at radius 1 is 1.53 bits per heavy atom. The molecule has 100 valence electrons. The van der Waals surface area contributed by atoms with Crippen molar-refractivity contribution in [2.75, 3.05) is 0 Å². The molecule has 1 unspecified atom stereocenters. The average molecular weight is 260 g/mol. The first kappa shape index (κ1) is 12.0. The summed E-state index contributed by atoms with van der Waals surface area (Å²) in [5.74, 6) is -0.327. The van der Waals surface area contributed by atoms with Gasteiger partial charge >= 0.3 is 5.97 Å². The van der Waals surface area contributed by atoms with Gasteiger partial charge in [-0.1, -0.05) is 0 Å². The van der Waals surface area contributed by atoms with Gasteiger partial charge in [-0.15, -0.1) is 0 Å². The van der Waals surface area contributed by atoms with Crippen LogP contribution in [0, 0.1) is 5.92 Å². The molecule has 0 aromatic carbocycles. The molecular formula is C13H16N4O2. The summed E-state index contributed by atoms with van der Waals surface area (Å²) in [7, 11) is 1.78. The van der Waals surface area contributed by atoms with Gasteiger partial charge in [-0.2, -0.15) is 10.2 Å². The number of hydrogen-bond donors (Lipinski definition) is 1. The Morgan fingerprint density at radius 3 is 2.79 bits per heavy atom. The van der Waals surface area contributed by atoms with Gasteiger partial charge in [0, 0.05) is 19.4 Å². The van der Waals surface area contributed by atoms with Crippen LogP contribution in [0.1, 0.15) is 36.2 Å². The Bertz CT molecular complexity index is 624. The van der Waals surface area contributed by atoms with Crippen molar-refractivity contribution < 1.29 is 9.90 Å². The van der Waals surface area contributed by atoms with Crippen LogP contribution in [0.3, 0.4) is 0 Å². The van der Waals surface area contributed by atoms with Crippen molar-refractivity contribution in [1.82, 2.24) is 19.6 Å². The lowest BCUT2D eigenvalue weighted by Crippen LogP contribution is -2.07. The molecule has 19 heavy (non-hydrogen) atoms. The molecule has 1 fully saturated rings. The highest BCUT2D eigenvalue weighted by atomic mass is 16.4. The third-order valence-corrected chi connectivity index (χ3v) is 3.75. The number of aromatic nitrogens is 4. The van der Waals surface area contributed by atoms with E-state index in [1.807, 2.05) is 0 Å². The second-order valence-corrected chi connectivity index (χ2v) is 5.09. The molecule has 1 atom stereocenters. The van der Waals surface area contributed by atoms with E-state index >= 15 is 0 Å². The van der Waals surface area contributed by atoms with Gasteiger partial charge in [0.15, 0.2) is 0 Å². The van der Waals surface area contributed by atoms with Gasteiger partial charge in [-0.3, -0.25) is 9.36 Å². The maximum Gasteiger partial charge on any atom is 0.339 e. The fourth-order valence-corrected chi connectivity index (χ4v) is 2.35. The molecule has 2 aromatic heterocycles. The van der Waals surface area contributed by atoms with Crippen LogP contribution in [0.5, 0.6) is 0 Å². The minimum Gasteiger partial charge on any atom is -0.478 e. The lowest BCUT2D eigenvalue weighted by atomic mass is 10.2. The van der Waals surface area contributed by atoms with E-state index in [9.17, 15) is 9.90 Å². The molecular weight excluding hydrogens is 244 g/mol. The first-order chi connectivity index (χ1) is 9.08. The van der Waals surface area contributed by atoms with Crippen LogP contribution in [-0.2, 0) is 7.05 Å². The smallest absolute Gasteiger partial charge is 0.339 e. The SMILES string of the molecule is CC(C1CC1)n1cc(C(=O)O)c(-c2ccnn2C)n1. The Morgan fingerprint density at radius 2 is 2.26 bits per heavy atom. The predicted octanol–water partition coefficient (Wildman–Crippen LogP) is 1.95. The largest absolute Gasteiger partial charge is 0.478 e. The van der Waals surface area contributed by atoms with Crippen LogP contribution in [0.15, 0.2) is 18.5 Å². The Hall–Kier alpha value is -2.11. The second kappa shape index (κ2) is 4.22. The van der Waals surface area contributed by atoms with Crippen LogP contribution in [-0.4, -0.2) is 30.6 Å². The van der Waals surface area contributed by atoms with Gasteiger partial charge in [0.2, 0.25) is 0 Å². The third-order valence-electron chi connectivity index (χ3n) is 3.75. The van der Waals surface area contributed by atoms with E-state index in [2.05, 4.69) is 17.1 Å². The molecule has 0 bridgehead atoms. The van der Waals surface area contributed by atoms with E-state index < -0.39 is 5.97 Å². The van der Waals surface area contributed by atoms with Crippen molar-refractivity contribution in [3.8, 4) is 11.4 Å². The van der Waals surface area contributed by atoms with Gasteiger partial charge < -0.3 is 5.11 Å². The van der Waals surface area contributed by atoms with Crippen molar-refractivity contribution in [3.05, 3.63) is 24.0 Å². The predicted molar refractivity (Wildman–Crippen MR) is 68.8 cm³/mol. The Balaban J connectivity index is 2.07. The molecule has 0 aliphatic heterocycles. The number of carbonyl (C=O) groups is 1. The zero-order valence-electron chi connectivity index (χ0n) is 10.9. The van der Waals surface area contributed by atoms with E-state index in [0.29, 0.717) is 11.6 Å². The number of carboxylic acid groups (broad SMARTS) is 1. The second-order valence-electron chi connectivity index (χ2n) is 5.09. The third kappa shape index (κ3) is 2.03. The molecule has 1 aliphatic rings. The summed E-state index contributed by atoms with van der Waals surface area (Å²) in [5, 5.41) is 17.9. The summed E-state index contributed by atoms with van der Waals surface area (Å²) in [4.78, 5) is 11.4. The molecule has 1 N–H and O–H groups in total. The summed E-state index contributed by atoms with van der Waals surface area (Å²) in [6.45, 7) is 2.09. The molecule has 2 heterocycles. The van der Waals surface area contributed by atoms with Gasteiger partial charge in [0.05, 0.1) is 11.7 Å². The topological polar surface area (TPSA) is 72.9 Å². The minimum absolute atomic E-state index is 0.233. The van der Waals surface area contributed by atoms with Crippen molar-refractivity contribution >= 4 is 5.97 Å². The first-order valence-electron chi connectivity index (χ1n) is 6.38. The lowest BCUT2D eigenvalue weighted by molar-refractivity contribution is 0.0697. The number of aromatic carboxylic acids is 1. The first-order valence-corrected chi connectivity index (χ1v) is 6.38. The fourth-order valence-electron chi connectivity index (χ4n) is 2.35. The van der Waals surface area contributed by atoms with E-state index in [4.69, 9.17) is 0 Å². The van der Waals surface area contributed by atoms with Gasteiger partial charge in [0.25, 0.3) is 0 Å². The highest BCUT2D eigenvalue weighted by molar-refractivity contribution is 5.94. The number of nitrogens with zero attached hydrogens (tertiary/aromatic N) is 4. The molecule has 6 nitrogen and oxygen atoms in total. The minimum atomic E-state index is -0.953.